The van der Waals surface area contributed by atoms with Crippen LogP contribution in [0.25, 0.3) is 0 Å². The number of benzene rings is 1. The zero-order valence-electron chi connectivity index (χ0n) is 9.11. The first-order valence-corrected chi connectivity index (χ1v) is 5.16. The van der Waals surface area contributed by atoms with E-state index in [4.69, 9.17) is 5.73 Å². The summed E-state index contributed by atoms with van der Waals surface area (Å²) in [5.41, 5.74) is 7.07. The standard InChI is InChI=1S/C12H20N2/c1-11(13)8-9-14(2)10-12-6-4-3-5-7-12/h3-7,11H,8-10,13H2,1-2H3/t11-/m0/s1. The molecule has 0 aliphatic carbocycles. The molecular weight excluding hydrogens is 172 g/mol. The number of hydrogen-bond donors (Lipinski definition) is 1. The monoisotopic (exact) mass is 192 g/mol. The molecule has 0 aliphatic rings. The molecule has 14 heavy (non-hydrogen) atoms. The van der Waals surface area contributed by atoms with E-state index in [1.807, 2.05) is 6.07 Å². The van der Waals surface area contributed by atoms with Crippen LogP contribution < -0.4 is 5.73 Å². The van der Waals surface area contributed by atoms with Gasteiger partial charge in [-0.15, -0.1) is 0 Å². The minimum absolute atomic E-state index is 0.299. The largest absolute Gasteiger partial charge is 0.328 e. The summed E-state index contributed by atoms with van der Waals surface area (Å²) in [6, 6.07) is 10.8. The number of rotatable bonds is 5. The van der Waals surface area contributed by atoms with Crippen molar-refractivity contribution in [2.24, 2.45) is 5.73 Å². The Morgan fingerprint density at radius 1 is 1.29 bits per heavy atom. The summed E-state index contributed by atoms with van der Waals surface area (Å²) < 4.78 is 0. The number of nitrogens with two attached hydrogens (primary N) is 1. The number of hydrogen-bond acceptors (Lipinski definition) is 2. The Morgan fingerprint density at radius 2 is 1.93 bits per heavy atom. The second-order valence-electron chi connectivity index (χ2n) is 3.99. The van der Waals surface area contributed by atoms with Crippen LogP contribution >= 0.6 is 0 Å². The van der Waals surface area contributed by atoms with Gasteiger partial charge in [-0.2, -0.15) is 0 Å². The highest BCUT2D eigenvalue weighted by atomic mass is 15.1. The van der Waals surface area contributed by atoms with E-state index in [0.717, 1.165) is 19.5 Å². The molecule has 0 fully saturated rings. The maximum absolute atomic E-state index is 5.71. The van der Waals surface area contributed by atoms with E-state index in [9.17, 15) is 0 Å². The predicted octanol–water partition coefficient (Wildman–Crippen LogP) is 1.86. The summed E-state index contributed by atoms with van der Waals surface area (Å²) in [5.74, 6) is 0. The van der Waals surface area contributed by atoms with Crippen LogP contribution in [0.15, 0.2) is 30.3 Å². The summed E-state index contributed by atoms with van der Waals surface area (Å²) >= 11 is 0. The molecule has 1 aromatic rings. The van der Waals surface area contributed by atoms with E-state index in [0.29, 0.717) is 6.04 Å². The highest BCUT2D eigenvalue weighted by molar-refractivity contribution is 5.14. The van der Waals surface area contributed by atoms with Gasteiger partial charge in [-0.3, -0.25) is 0 Å². The lowest BCUT2D eigenvalue weighted by Crippen LogP contribution is -2.25. The lowest BCUT2D eigenvalue weighted by Gasteiger charge is -2.17. The molecule has 0 heterocycles. The van der Waals surface area contributed by atoms with Crippen LogP contribution in [0.1, 0.15) is 18.9 Å². The van der Waals surface area contributed by atoms with Crippen molar-refractivity contribution in [3.05, 3.63) is 35.9 Å². The Bertz CT molecular complexity index is 244. The summed E-state index contributed by atoms with van der Waals surface area (Å²) in [5, 5.41) is 0. The van der Waals surface area contributed by atoms with Gasteiger partial charge in [-0.05, 0) is 32.5 Å². The minimum Gasteiger partial charge on any atom is -0.328 e. The molecule has 0 spiro atoms. The van der Waals surface area contributed by atoms with Crippen LogP contribution in [0, 0.1) is 0 Å². The van der Waals surface area contributed by atoms with Gasteiger partial charge in [0.2, 0.25) is 0 Å². The first kappa shape index (κ1) is 11.2. The first-order chi connectivity index (χ1) is 6.68. The summed E-state index contributed by atoms with van der Waals surface area (Å²) in [4.78, 5) is 2.30. The van der Waals surface area contributed by atoms with Gasteiger partial charge >= 0.3 is 0 Å². The van der Waals surface area contributed by atoms with Gasteiger partial charge in [0.15, 0.2) is 0 Å². The van der Waals surface area contributed by atoms with Gasteiger partial charge in [0.25, 0.3) is 0 Å². The van der Waals surface area contributed by atoms with Crippen LogP contribution in [0.3, 0.4) is 0 Å². The van der Waals surface area contributed by atoms with Crippen molar-refractivity contribution < 1.29 is 0 Å². The van der Waals surface area contributed by atoms with Gasteiger partial charge in [0.1, 0.15) is 0 Å². The van der Waals surface area contributed by atoms with Crippen LogP contribution in [0.5, 0.6) is 0 Å². The molecule has 0 saturated carbocycles. The molecule has 2 heteroatoms. The average Bonchev–Trinajstić information content (AvgIpc) is 2.16. The van der Waals surface area contributed by atoms with Crippen molar-refractivity contribution in [2.75, 3.05) is 13.6 Å². The molecule has 0 aromatic heterocycles. The third-order valence-corrected chi connectivity index (χ3v) is 2.26. The highest BCUT2D eigenvalue weighted by Crippen LogP contribution is 2.03. The van der Waals surface area contributed by atoms with Crippen LogP contribution in [0.4, 0.5) is 0 Å². The van der Waals surface area contributed by atoms with Crippen LogP contribution in [-0.2, 0) is 6.54 Å². The molecule has 1 aromatic carbocycles. The second kappa shape index (κ2) is 5.78. The molecule has 0 amide bonds. The molecule has 1 rings (SSSR count). The Morgan fingerprint density at radius 3 is 2.50 bits per heavy atom. The summed E-state index contributed by atoms with van der Waals surface area (Å²) in [6.45, 7) is 4.12. The minimum atomic E-state index is 0.299. The maximum atomic E-state index is 5.71. The normalized spacial score (nSPS) is 13.1. The molecule has 0 saturated heterocycles. The zero-order chi connectivity index (χ0) is 10.4. The molecule has 0 unspecified atom stereocenters. The topological polar surface area (TPSA) is 29.3 Å². The van der Waals surface area contributed by atoms with Gasteiger partial charge in [-0.1, -0.05) is 30.3 Å². The van der Waals surface area contributed by atoms with Crippen molar-refractivity contribution >= 4 is 0 Å². The Balaban J connectivity index is 2.30. The number of nitrogens with zero attached hydrogens (tertiary/aromatic N) is 1. The fourth-order valence-electron chi connectivity index (χ4n) is 1.40. The molecule has 0 bridgehead atoms. The SMILES string of the molecule is C[C@H](N)CCN(C)Cc1ccccc1. The van der Waals surface area contributed by atoms with E-state index in [-0.39, 0.29) is 0 Å². The molecule has 2 N–H and O–H groups in total. The average molecular weight is 192 g/mol. The second-order valence-corrected chi connectivity index (χ2v) is 3.99. The van der Waals surface area contributed by atoms with Crippen molar-refractivity contribution in [1.29, 1.82) is 0 Å². The fourth-order valence-corrected chi connectivity index (χ4v) is 1.40. The molecule has 1 atom stereocenters. The Hall–Kier alpha value is -0.860. The lowest BCUT2D eigenvalue weighted by atomic mass is 10.2. The molecule has 0 radical (unpaired) electrons. The van der Waals surface area contributed by atoms with Gasteiger partial charge in [-0.25, -0.2) is 0 Å². The van der Waals surface area contributed by atoms with Gasteiger partial charge in [0, 0.05) is 12.6 Å². The van der Waals surface area contributed by atoms with Crippen molar-refractivity contribution in [1.82, 2.24) is 4.90 Å². The van der Waals surface area contributed by atoms with Crippen molar-refractivity contribution in [2.45, 2.75) is 25.9 Å². The van der Waals surface area contributed by atoms with Gasteiger partial charge in [0.05, 0.1) is 0 Å². The fraction of sp³-hybridized carbons (Fsp3) is 0.500. The molecule has 2 nitrogen and oxygen atoms in total. The van der Waals surface area contributed by atoms with E-state index in [1.165, 1.54) is 5.56 Å². The highest BCUT2D eigenvalue weighted by Gasteiger charge is 2.01. The smallest absolute Gasteiger partial charge is 0.0230 e. The molecule has 78 valence electrons. The van der Waals surface area contributed by atoms with E-state index < -0.39 is 0 Å². The maximum Gasteiger partial charge on any atom is 0.0230 e. The quantitative estimate of drug-likeness (QED) is 0.771. The third kappa shape index (κ3) is 4.40. The van der Waals surface area contributed by atoms with Gasteiger partial charge < -0.3 is 10.6 Å². The summed E-state index contributed by atoms with van der Waals surface area (Å²) in [6.07, 6.45) is 1.06. The predicted molar refractivity (Wildman–Crippen MR) is 61.0 cm³/mol. The van der Waals surface area contributed by atoms with Crippen molar-refractivity contribution in [3.63, 3.8) is 0 Å². The Labute approximate surface area is 86.7 Å². The van der Waals surface area contributed by atoms with E-state index in [1.54, 1.807) is 0 Å². The first-order valence-electron chi connectivity index (χ1n) is 5.16. The molecular formula is C12H20N2. The Kier molecular flexibility index (Phi) is 4.63. The molecule has 0 aliphatic heterocycles. The van der Waals surface area contributed by atoms with Crippen molar-refractivity contribution in [3.8, 4) is 0 Å². The summed E-state index contributed by atoms with van der Waals surface area (Å²) in [7, 11) is 2.13. The van der Waals surface area contributed by atoms with Crippen LogP contribution in [-0.4, -0.2) is 24.5 Å². The lowest BCUT2D eigenvalue weighted by molar-refractivity contribution is 0.313. The van der Waals surface area contributed by atoms with E-state index >= 15 is 0 Å². The van der Waals surface area contributed by atoms with Crippen LogP contribution in [0.2, 0.25) is 0 Å². The van der Waals surface area contributed by atoms with E-state index in [2.05, 4.69) is 43.1 Å². The zero-order valence-corrected chi connectivity index (χ0v) is 9.11. The third-order valence-electron chi connectivity index (χ3n) is 2.26.